The quantitative estimate of drug-likeness (QED) is 0.482. The van der Waals surface area contributed by atoms with E-state index in [-0.39, 0.29) is 30.3 Å². The Labute approximate surface area is 140 Å². The second-order valence-electron chi connectivity index (χ2n) is 6.70. The molecule has 0 aliphatic heterocycles. The lowest BCUT2D eigenvalue weighted by Crippen LogP contribution is -2.49. The van der Waals surface area contributed by atoms with Crippen LogP contribution in [0.2, 0.25) is 0 Å². The van der Waals surface area contributed by atoms with E-state index in [1.165, 1.54) is 11.8 Å². The van der Waals surface area contributed by atoms with E-state index in [0.717, 1.165) is 12.8 Å². The standard InChI is InChI=1S/C18H31NO4/c1-8-10-11-19(16(21)14(4)13(3)9-2)17(22)18(6,7)12-23-15(5)20/h9,13-14H,2,8,10-12H2,1,3-7H3. The van der Waals surface area contributed by atoms with Crippen LogP contribution in [0, 0.1) is 17.3 Å². The van der Waals surface area contributed by atoms with Gasteiger partial charge in [0, 0.05) is 19.4 Å². The maximum Gasteiger partial charge on any atom is 0.302 e. The Morgan fingerprint density at radius 1 is 1.26 bits per heavy atom. The highest BCUT2D eigenvalue weighted by Crippen LogP contribution is 2.23. The molecule has 2 unspecified atom stereocenters. The van der Waals surface area contributed by atoms with Crippen LogP contribution in [0.5, 0.6) is 0 Å². The third kappa shape index (κ3) is 6.55. The summed E-state index contributed by atoms with van der Waals surface area (Å²) < 4.78 is 4.98. The number of unbranched alkanes of at least 4 members (excludes halogenated alkanes) is 1. The van der Waals surface area contributed by atoms with Gasteiger partial charge in [-0.1, -0.05) is 33.3 Å². The van der Waals surface area contributed by atoms with Crippen molar-refractivity contribution in [2.24, 2.45) is 17.3 Å². The normalized spacial score (nSPS) is 13.8. The van der Waals surface area contributed by atoms with Crippen molar-refractivity contribution in [1.29, 1.82) is 0 Å². The van der Waals surface area contributed by atoms with Crippen LogP contribution >= 0.6 is 0 Å². The number of esters is 1. The maximum atomic E-state index is 12.8. The van der Waals surface area contributed by atoms with Gasteiger partial charge in [-0.25, -0.2) is 0 Å². The molecule has 0 saturated heterocycles. The first kappa shape index (κ1) is 21.4. The molecule has 5 nitrogen and oxygen atoms in total. The largest absolute Gasteiger partial charge is 0.465 e. The van der Waals surface area contributed by atoms with Crippen molar-refractivity contribution >= 4 is 17.8 Å². The molecular formula is C18H31NO4. The number of amides is 2. The van der Waals surface area contributed by atoms with Crippen LogP contribution in [0.25, 0.3) is 0 Å². The van der Waals surface area contributed by atoms with Crippen LogP contribution in [0.4, 0.5) is 0 Å². The van der Waals surface area contributed by atoms with Gasteiger partial charge in [-0.05, 0) is 26.2 Å². The third-order valence-corrected chi connectivity index (χ3v) is 4.01. The van der Waals surface area contributed by atoms with E-state index >= 15 is 0 Å². The Kier molecular flexibility index (Phi) is 8.80. The predicted octanol–water partition coefficient (Wildman–Crippen LogP) is 3.19. The minimum absolute atomic E-state index is 0.0176. The highest BCUT2D eigenvalue weighted by molar-refractivity contribution is 5.99. The van der Waals surface area contributed by atoms with E-state index in [4.69, 9.17) is 4.74 Å². The molecule has 2 amide bonds. The minimum Gasteiger partial charge on any atom is -0.465 e. The highest BCUT2D eigenvalue weighted by atomic mass is 16.5. The van der Waals surface area contributed by atoms with Crippen molar-refractivity contribution in [1.82, 2.24) is 4.90 Å². The van der Waals surface area contributed by atoms with Gasteiger partial charge in [0.15, 0.2) is 0 Å². The Balaban J connectivity index is 5.28. The molecule has 0 spiro atoms. The lowest BCUT2D eigenvalue weighted by molar-refractivity contribution is -0.157. The number of hydrogen-bond donors (Lipinski definition) is 0. The van der Waals surface area contributed by atoms with Crippen LogP contribution in [0.3, 0.4) is 0 Å². The summed E-state index contributed by atoms with van der Waals surface area (Å²) >= 11 is 0. The number of ether oxygens (including phenoxy) is 1. The number of hydrogen-bond acceptors (Lipinski definition) is 4. The lowest BCUT2D eigenvalue weighted by Gasteiger charge is -2.32. The molecule has 0 saturated carbocycles. The molecule has 2 atom stereocenters. The monoisotopic (exact) mass is 325 g/mol. The number of nitrogens with zero attached hydrogens (tertiary/aromatic N) is 1. The fraction of sp³-hybridized carbons (Fsp3) is 0.722. The smallest absolute Gasteiger partial charge is 0.302 e. The molecule has 23 heavy (non-hydrogen) atoms. The predicted molar refractivity (Wildman–Crippen MR) is 90.6 cm³/mol. The van der Waals surface area contributed by atoms with Crippen LogP contribution < -0.4 is 0 Å². The van der Waals surface area contributed by atoms with Crippen molar-refractivity contribution in [3.8, 4) is 0 Å². The first-order chi connectivity index (χ1) is 10.6. The van der Waals surface area contributed by atoms with E-state index in [0.29, 0.717) is 6.54 Å². The Hall–Kier alpha value is -1.65. The topological polar surface area (TPSA) is 63.7 Å². The van der Waals surface area contributed by atoms with Gasteiger partial charge in [-0.3, -0.25) is 19.3 Å². The molecule has 0 fully saturated rings. The molecule has 132 valence electrons. The zero-order valence-electron chi connectivity index (χ0n) is 15.3. The van der Waals surface area contributed by atoms with Crippen molar-refractivity contribution in [3.63, 3.8) is 0 Å². The molecule has 5 heteroatoms. The minimum atomic E-state index is -0.938. The number of carbonyl (C=O) groups excluding carboxylic acids is 3. The van der Waals surface area contributed by atoms with Crippen LogP contribution in [-0.4, -0.2) is 35.8 Å². The number of rotatable bonds is 9. The van der Waals surface area contributed by atoms with Gasteiger partial charge in [0.1, 0.15) is 6.61 Å². The van der Waals surface area contributed by atoms with Crippen molar-refractivity contribution < 1.29 is 19.1 Å². The molecule has 0 bridgehead atoms. The summed E-state index contributed by atoms with van der Waals surface area (Å²) in [6.45, 7) is 14.4. The lowest BCUT2D eigenvalue weighted by atomic mass is 9.90. The molecule has 0 N–H and O–H groups in total. The van der Waals surface area contributed by atoms with Crippen molar-refractivity contribution in [3.05, 3.63) is 12.7 Å². The summed E-state index contributed by atoms with van der Waals surface area (Å²) in [7, 11) is 0. The third-order valence-electron chi connectivity index (χ3n) is 4.01. The van der Waals surface area contributed by atoms with Gasteiger partial charge in [-0.15, -0.1) is 6.58 Å². The van der Waals surface area contributed by atoms with E-state index in [2.05, 4.69) is 6.58 Å². The fourth-order valence-corrected chi connectivity index (χ4v) is 2.01. The molecule has 0 aromatic carbocycles. The average Bonchev–Trinajstić information content (AvgIpc) is 2.51. The number of allylic oxidation sites excluding steroid dienone is 1. The fourth-order valence-electron chi connectivity index (χ4n) is 2.01. The molecule has 0 aromatic heterocycles. The van der Waals surface area contributed by atoms with Crippen LogP contribution in [-0.2, 0) is 19.1 Å². The first-order valence-electron chi connectivity index (χ1n) is 8.20. The SMILES string of the molecule is C=CC(C)C(C)C(=O)N(CCCC)C(=O)C(C)(C)COC(C)=O. The molecule has 0 aromatic rings. The second kappa shape index (κ2) is 9.48. The zero-order valence-corrected chi connectivity index (χ0v) is 15.3. The Bertz CT molecular complexity index is 442. The molecular weight excluding hydrogens is 294 g/mol. The first-order valence-corrected chi connectivity index (χ1v) is 8.20. The Morgan fingerprint density at radius 2 is 1.83 bits per heavy atom. The zero-order chi connectivity index (χ0) is 18.2. The second-order valence-corrected chi connectivity index (χ2v) is 6.70. The molecule has 0 rings (SSSR count). The van der Waals surface area contributed by atoms with Crippen LogP contribution in [0.15, 0.2) is 12.7 Å². The summed E-state index contributed by atoms with van der Waals surface area (Å²) in [6, 6.07) is 0. The van der Waals surface area contributed by atoms with Gasteiger partial charge < -0.3 is 4.74 Å². The van der Waals surface area contributed by atoms with Gasteiger partial charge >= 0.3 is 5.97 Å². The van der Waals surface area contributed by atoms with E-state index in [1.54, 1.807) is 26.8 Å². The van der Waals surface area contributed by atoms with Crippen molar-refractivity contribution in [2.45, 2.75) is 54.4 Å². The van der Waals surface area contributed by atoms with E-state index in [9.17, 15) is 14.4 Å². The van der Waals surface area contributed by atoms with Gasteiger partial charge in [-0.2, -0.15) is 0 Å². The molecule has 0 aliphatic carbocycles. The summed E-state index contributed by atoms with van der Waals surface area (Å²) in [5.74, 6) is -1.29. The number of carbonyl (C=O) groups is 3. The molecule has 0 radical (unpaired) electrons. The molecule has 0 heterocycles. The van der Waals surface area contributed by atoms with Gasteiger partial charge in [0.05, 0.1) is 5.41 Å². The Morgan fingerprint density at radius 3 is 2.26 bits per heavy atom. The summed E-state index contributed by atoms with van der Waals surface area (Å²) in [6.07, 6.45) is 3.35. The van der Waals surface area contributed by atoms with E-state index < -0.39 is 11.4 Å². The average molecular weight is 325 g/mol. The van der Waals surface area contributed by atoms with E-state index in [1.807, 2.05) is 13.8 Å². The highest BCUT2D eigenvalue weighted by Gasteiger charge is 2.37. The van der Waals surface area contributed by atoms with Crippen LogP contribution in [0.1, 0.15) is 54.4 Å². The summed E-state index contributed by atoms with van der Waals surface area (Å²) in [5.41, 5.74) is -0.938. The van der Waals surface area contributed by atoms with Gasteiger partial charge in [0.25, 0.3) is 0 Å². The van der Waals surface area contributed by atoms with Gasteiger partial charge in [0.2, 0.25) is 11.8 Å². The van der Waals surface area contributed by atoms with Crippen molar-refractivity contribution in [2.75, 3.05) is 13.2 Å². The number of imide groups is 1. The summed E-state index contributed by atoms with van der Waals surface area (Å²) in [5, 5.41) is 0. The molecule has 0 aliphatic rings. The maximum absolute atomic E-state index is 12.8. The summed E-state index contributed by atoms with van der Waals surface area (Å²) in [4.78, 5) is 37.9.